The summed E-state index contributed by atoms with van der Waals surface area (Å²) in [5.74, 6) is 1.26. The first kappa shape index (κ1) is 15.2. The predicted octanol–water partition coefficient (Wildman–Crippen LogP) is 2.15. The summed E-state index contributed by atoms with van der Waals surface area (Å²) in [6.45, 7) is 4.60. The van der Waals surface area contributed by atoms with Crippen molar-refractivity contribution in [3.8, 4) is 0 Å². The van der Waals surface area contributed by atoms with Gasteiger partial charge in [0.25, 0.3) is 0 Å². The van der Waals surface area contributed by atoms with Gasteiger partial charge in [0.1, 0.15) is 5.82 Å². The Morgan fingerprint density at radius 3 is 2.88 bits per heavy atom. The highest BCUT2D eigenvalue weighted by molar-refractivity contribution is 6.00. The van der Waals surface area contributed by atoms with Crippen molar-refractivity contribution in [2.75, 3.05) is 29.4 Å². The molecular weight excluding hydrogens is 302 g/mol. The van der Waals surface area contributed by atoms with Crippen LogP contribution in [0.15, 0.2) is 30.7 Å². The molecule has 6 heteroatoms. The molecule has 6 nitrogen and oxygen atoms in total. The highest BCUT2D eigenvalue weighted by atomic mass is 16.2. The van der Waals surface area contributed by atoms with Crippen molar-refractivity contribution in [1.82, 2.24) is 14.8 Å². The molecule has 0 aliphatic carbocycles. The van der Waals surface area contributed by atoms with Crippen molar-refractivity contribution in [3.63, 3.8) is 0 Å². The maximum Gasteiger partial charge on any atom is 0.235 e. The summed E-state index contributed by atoms with van der Waals surface area (Å²) in [5.41, 5.74) is 1.80. The zero-order valence-corrected chi connectivity index (χ0v) is 14.3. The summed E-state index contributed by atoms with van der Waals surface area (Å²) >= 11 is 0. The number of piperidine rings is 1. The van der Waals surface area contributed by atoms with Crippen LogP contribution < -0.4 is 9.80 Å². The van der Waals surface area contributed by atoms with E-state index in [0.29, 0.717) is 0 Å². The average Bonchev–Trinajstić information content (AvgIpc) is 3.13. The Hall–Kier alpha value is -2.37. The molecule has 4 rings (SSSR count). The fourth-order valence-corrected chi connectivity index (χ4v) is 4.11. The van der Waals surface area contributed by atoms with Crippen LogP contribution in [0.3, 0.4) is 0 Å². The van der Waals surface area contributed by atoms with Crippen LogP contribution in [0.4, 0.5) is 11.5 Å². The molecule has 4 heterocycles. The number of anilines is 2. The van der Waals surface area contributed by atoms with Crippen LogP contribution in [0.25, 0.3) is 0 Å². The van der Waals surface area contributed by atoms with Crippen LogP contribution in [0.5, 0.6) is 0 Å². The van der Waals surface area contributed by atoms with Crippen molar-refractivity contribution < 1.29 is 4.79 Å². The number of carbonyl (C=O) groups is 1. The molecule has 2 saturated heterocycles. The Labute approximate surface area is 142 Å². The lowest BCUT2D eigenvalue weighted by Crippen LogP contribution is -2.48. The van der Waals surface area contributed by atoms with E-state index < -0.39 is 0 Å². The van der Waals surface area contributed by atoms with E-state index in [4.69, 9.17) is 0 Å². The molecule has 2 aromatic heterocycles. The maximum absolute atomic E-state index is 13.2. The third-order valence-corrected chi connectivity index (χ3v) is 5.37. The third kappa shape index (κ3) is 2.37. The minimum absolute atomic E-state index is 0.244. The van der Waals surface area contributed by atoms with E-state index in [2.05, 4.69) is 28.0 Å². The number of aryl methyl sites for hydroxylation is 2. The first-order chi connectivity index (χ1) is 11.6. The van der Waals surface area contributed by atoms with Gasteiger partial charge in [-0.2, -0.15) is 5.10 Å². The average molecular weight is 325 g/mol. The van der Waals surface area contributed by atoms with Crippen LogP contribution in [-0.2, 0) is 11.8 Å². The first-order valence-electron chi connectivity index (χ1n) is 8.56. The Bertz CT molecular complexity index is 770. The van der Waals surface area contributed by atoms with E-state index in [1.54, 1.807) is 10.9 Å². The number of pyridine rings is 1. The molecule has 0 aromatic carbocycles. The molecule has 2 aromatic rings. The van der Waals surface area contributed by atoms with Crippen LogP contribution in [0, 0.1) is 12.3 Å². The Morgan fingerprint density at radius 1 is 1.25 bits per heavy atom. The molecule has 1 spiro atoms. The molecule has 2 aliphatic heterocycles. The van der Waals surface area contributed by atoms with Gasteiger partial charge in [-0.1, -0.05) is 6.07 Å². The smallest absolute Gasteiger partial charge is 0.235 e. The lowest BCUT2D eigenvalue weighted by Gasteiger charge is -2.40. The zero-order chi connectivity index (χ0) is 16.7. The van der Waals surface area contributed by atoms with Crippen molar-refractivity contribution >= 4 is 17.4 Å². The summed E-state index contributed by atoms with van der Waals surface area (Å²) in [5, 5.41) is 4.21. The van der Waals surface area contributed by atoms with E-state index in [9.17, 15) is 4.79 Å². The lowest BCUT2D eigenvalue weighted by molar-refractivity contribution is -0.126. The molecule has 2 fully saturated rings. The molecule has 24 heavy (non-hydrogen) atoms. The Balaban J connectivity index is 1.59. The molecule has 2 aliphatic rings. The molecule has 1 atom stereocenters. The summed E-state index contributed by atoms with van der Waals surface area (Å²) in [7, 11) is 1.88. The molecule has 0 bridgehead atoms. The van der Waals surface area contributed by atoms with Crippen LogP contribution in [0.2, 0.25) is 0 Å². The Morgan fingerprint density at radius 2 is 2.12 bits per heavy atom. The highest BCUT2D eigenvalue weighted by Gasteiger charge is 2.49. The number of nitrogens with zero attached hydrogens (tertiary/aromatic N) is 5. The van der Waals surface area contributed by atoms with Gasteiger partial charge in [-0.15, -0.1) is 0 Å². The number of carbonyl (C=O) groups excluding carboxylic acids is 1. The summed E-state index contributed by atoms with van der Waals surface area (Å²) in [4.78, 5) is 21.9. The van der Waals surface area contributed by atoms with Crippen LogP contribution >= 0.6 is 0 Å². The fourth-order valence-electron chi connectivity index (χ4n) is 4.11. The predicted molar refractivity (Wildman–Crippen MR) is 93.0 cm³/mol. The van der Waals surface area contributed by atoms with Gasteiger partial charge in [-0.3, -0.25) is 9.48 Å². The highest BCUT2D eigenvalue weighted by Crippen LogP contribution is 2.42. The van der Waals surface area contributed by atoms with E-state index >= 15 is 0 Å². The third-order valence-electron chi connectivity index (χ3n) is 5.37. The standard InChI is InChI=1S/C18H23N5O/c1-14-5-3-8-19-16(14)22-9-4-6-18(13-22)7-10-23(17(18)24)15-11-20-21(2)12-15/h3,5,8,11-12H,4,6-7,9-10,13H2,1-2H3/t18-/m0/s1. The van der Waals surface area contributed by atoms with Gasteiger partial charge in [-0.25, -0.2) is 4.98 Å². The minimum Gasteiger partial charge on any atom is -0.355 e. The summed E-state index contributed by atoms with van der Waals surface area (Å²) in [6, 6.07) is 4.05. The fraction of sp³-hybridized carbons (Fsp3) is 0.500. The van der Waals surface area contributed by atoms with Gasteiger partial charge in [-0.05, 0) is 37.8 Å². The largest absolute Gasteiger partial charge is 0.355 e. The van der Waals surface area contributed by atoms with E-state index in [1.165, 1.54) is 5.56 Å². The number of amides is 1. The van der Waals surface area contributed by atoms with Crippen molar-refractivity contribution in [1.29, 1.82) is 0 Å². The van der Waals surface area contributed by atoms with E-state index in [1.807, 2.05) is 30.4 Å². The lowest BCUT2D eigenvalue weighted by atomic mass is 9.78. The van der Waals surface area contributed by atoms with Crippen molar-refractivity contribution in [3.05, 3.63) is 36.3 Å². The Kier molecular flexibility index (Phi) is 3.55. The molecule has 0 unspecified atom stereocenters. The van der Waals surface area contributed by atoms with Crippen LogP contribution in [0.1, 0.15) is 24.8 Å². The van der Waals surface area contributed by atoms with Gasteiger partial charge in [0.15, 0.2) is 0 Å². The number of aromatic nitrogens is 3. The maximum atomic E-state index is 13.2. The number of rotatable bonds is 2. The molecule has 0 saturated carbocycles. The molecule has 126 valence electrons. The van der Waals surface area contributed by atoms with Crippen molar-refractivity contribution in [2.24, 2.45) is 12.5 Å². The monoisotopic (exact) mass is 325 g/mol. The van der Waals surface area contributed by atoms with Gasteiger partial charge < -0.3 is 9.80 Å². The molecular formula is C18H23N5O. The van der Waals surface area contributed by atoms with Gasteiger partial charge in [0.2, 0.25) is 5.91 Å². The first-order valence-corrected chi connectivity index (χ1v) is 8.56. The zero-order valence-electron chi connectivity index (χ0n) is 14.3. The van der Waals surface area contributed by atoms with Gasteiger partial charge >= 0.3 is 0 Å². The second kappa shape index (κ2) is 5.61. The topological polar surface area (TPSA) is 54.3 Å². The number of hydrogen-bond acceptors (Lipinski definition) is 4. The second-order valence-corrected chi connectivity index (χ2v) is 7.03. The molecule has 1 amide bonds. The second-order valence-electron chi connectivity index (χ2n) is 7.03. The van der Waals surface area contributed by atoms with Gasteiger partial charge in [0, 0.05) is 39.1 Å². The van der Waals surface area contributed by atoms with Gasteiger partial charge in [0.05, 0.1) is 17.3 Å². The summed E-state index contributed by atoms with van der Waals surface area (Å²) < 4.78 is 1.75. The summed E-state index contributed by atoms with van der Waals surface area (Å²) in [6.07, 6.45) is 8.43. The van der Waals surface area contributed by atoms with E-state index in [-0.39, 0.29) is 11.3 Å². The van der Waals surface area contributed by atoms with Crippen LogP contribution in [-0.4, -0.2) is 40.3 Å². The quantitative estimate of drug-likeness (QED) is 0.849. The van der Waals surface area contributed by atoms with Crippen molar-refractivity contribution in [2.45, 2.75) is 26.2 Å². The molecule has 0 radical (unpaired) electrons. The minimum atomic E-state index is -0.280. The SMILES string of the molecule is Cc1cccnc1N1CCC[C@]2(CCN(c3cnn(C)c3)C2=O)C1. The molecule has 0 N–H and O–H groups in total. The number of hydrogen-bond donors (Lipinski definition) is 0. The van der Waals surface area contributed by atoms with E-state index in [0.717, 1.165) is 50.4 Å². The normalized spacial score (nSPS) is 24.2.